The summed E-state index contributed by atoms with van der Waals surface area (Å²) in [7, 11) is 0. The predicted octanol–water partition coefficient (Wildman–Crippen LogP) is 2.64. The minimum absolute atomic E-state index is 0. The number of carbonyl (C=O) groups excluding carboxylic acids is 1. The van der Waals surface area contributed by atoms with Crippen LogP contribution in [0.2, 0.25) is 0 Å². The number of hydrogen-bond donors (Lipinski definition) is 2. The first-order chi connectivity index (χ1) is 8.18. The van der Waals surface area contributed by atoms with Gasteiger partial charge in [-0.3, -0.25) is 4.79 Å². The van der Waals surface area contributed by atoms with Gasteiger partial charge in [0.25, 0.3) is 0 Å². The van der Waals surface area contributed by atoms with Crippen LogP contribution < -0.4 is 10.6 Å². The Morgan fingerprint density at radius 3 is 2.56 bits per heavy atom. The molecule has 1 aliphatic heterocycles. The summed E-state index contributed by atoms with van der Waals surface area (Å²) in [5.74, 6) is 0.318. The van der Waals surface area contributed by atoms with Crippen molar-refractivity contribution in [2.24, 2.45) is 5.41 Å². The smallest absolute Gasteiger partial charge is 0.226 e. The lowest BCUT2D eigenvalue weighted by Crippen LogP contribution is -2.54. The summed E-state index contributed by atoms with van der Waals surface area (Å²) in [4.78, 5) is 12.5. The van der Waals surface area contributed by atoms with Crippen molar-refractivity contribution in [3.63, 3.8) is 0 Å². The van der Waals surface area contributed by atoms with E-state index in [9.17, 15) is 4.79 Å². The molecule has 0 aromatic rings. The van der Waals surface area contributed by atoms with Gasteiger partial charge in [-0.1, -0.05) is 19.8 Å². The molecule has 0 bridgehead atoms. The van der Waals surface area contributed by atoms with E-state index in [1.807, 2.05) is 0 Å². The second kappa shape index (κ2) is 6.76. The van der Waals surface area contributed by atoms with Gasteiger partial charge in [0.05, 0.1) is 0 Å². The first kappa shape index (κ1) is 15.8. The fourth-order valence-corrected chi connectivity index (χ4v) is 3.36. The molecule has 1 aliphatic carbocycles. The monoisotopic (exact) mass is 274 g/mol. The van der Waals surface area contributed by atoms with E-state index >= 15 is 0 Å². The molecule has 2 unspecified atom stereocenters. The van der Waals surface area contributed by atoms with E-state index in [-0.39, 0.29) is 17.8 Å². The fraction of sp³-hybridized carbons (Fsp3) is 0.929. The summed E-state index contributed by atoms with van der Waals surface area (Å²) < 4.78 is 0. The molecule has 2 N–H and O–H groups in total. The fourth-order valence-electron chi connectivity index (χ4n) is 3.36. The van der Waals surface area contributed by atoms with Gasteiger partial charge in [0.15, 0.2) is 0 Å². The van der Waals surface area contributed by atoms with Gasteiger partial charge < -0.3 is 10.6 Å². The Labute approximate surface area is 117 Å². The normalized spacial score (nSPS) is 30.6. The number of amides is 1. The van der Waals surface area contributed by atoms with E-state index < -0.39 is 0 Å². The van der Waals surface area contributed by atoms with Crippen LogP contribution in [0.1, 0.15) is 58.8 Å². The standard InChI is InChI=1S/C14H26N2O.ClH/c1-3-14(8-4-5-9-14)13(17)16-12-7-6-10-15-11(12)2;/h11-12,15H,3-10H2,1-2H3,(H,16,17);1H. The largest absolute Gasteiger partial charge is 0.351 e. The van der Waals surface area contributed by atoms with Crippen molar-refractivity contribution < 1.29 is 4.79 Å². The molecule has 4 heteroatoms. The Balaban J connectivity index is 0.00000162. The van der Waals surface area contributed by atoms with Crippen LogP contribution in [0.4, 0.5) is 0 Å². The van der Waals surface area contributed by atoms with E-state index in [1.54, 1.807) is 0 Å². The topological polar surface area (TPSA) is 41.1 Å². The molecule has 106 valence electrons. The molecule has 1 heterocycles. The zero-order valence-electron chi connectivity index (χ0n) is 11.6. The predicted molar refractivity (Wildman–Crippen MR) is 77.1 cm³/mol. The highest BCUT2D eigenvalue weighted by molar-refractivity contribution is 5.85. The summed E-state index contributed by atoms with van der Waals surface area (Å²) in [6.07, 6.45) is 7.91. The first-order valence-corrected chi connectivity index (χ1v) is 7.22. The molecule has 18 heavy (non-hydrogen) atoms. The van der Waals surface area contributed by atoms with E-state index in [1.165, 1.54) is 19.3 Å². The van der Waals surface area contributed by atoms with Gasteiger partial charge in [0.1, 0.15) is 0 Å². The van der Waals surface area contributed by atoms with Crippen molar-refractivity contribution in [3.8, 4) is 0 Å². The van der Waals surface area contributed by atoms with Crippen LogP contribution in [0, 0.1) is 5.41 Å². The van der Waals surface area contributed by atoms with Crippen molar-refractivity contribution in [1.82, 2.24) is 10.6 Å². The molecule has 2 rings (SSSR count). The van der Waals surface area contributed by atoms with Gasteiger partial charge in [0, 0.05) is 17.5 Å². The van der Waals surface area contributed by atoms with E-state index in [0.29, 0.717) is 18.0 Å². The molecule has 3 nitrogen and oxygen atoms in total. The van der Waals surface area contributed by atoms with Gasteiger partial charge in [-0.15, -0.1) is 12.4 Å². The van der Waals surface area contributed by atoms with Crippen LogP contribution in [-0.4, -0.2) is 24.5 Å². The van der Waals surface area contributed by atoms with Crippen LogP contribution in [0.25, 0.3) is 0 Å². The van der Waals surface area contributed by atoms with Crippen molar-refractivity contribution in [3.05, 3.63) is 0 Å². The van der Waals surface area contributed by atoms with Gasteiger partial charge in [-0.2, -0.15) is 0 Å². The Kier molecular flexibility index (Phi) is 5.93. The summed E-state index contributed by atoms with van der Waals surface area (Å²) in [6.45, 7) is 5.43. The maximum absolute atomic E-state index is 12.5. The number of halogens is 1. The maximum Gasteiger partial charge on any atom is 0.226 e. The first-order valence-electron chi connectivity index (χ1n) is 7.22. The molecule has 2 aliphatic rings. The number of piperidine rings is 1. The highest BCUT2D eigenvalue weighted by Gasteiger charge is 2.40. The van der Waals surface area contributed by atoms with E-state index in [0.717, 1.165) is 32.2 Å². The van der Waals surface area contributed by atoms with Gasteiger partial charge >= 0.3 is 0 Å². The summed E-state index contributed by atoms with van der Waals surface area (Å²) in [6, 6.07) is 0.753. The molecule has 0 aromatic carbocycles. The summed E-state index contributed by atoms with van der Waals surface area (Å²) in [5.41, 5.74) is -0.0445. The highest BCUT2D eigenvalue weighted by Crippen LogP contribution is 2.41. The average molecular weight is 275 g/mol. The molecule has 1 saturated carbocycles. The van der Waals surface area contributed by atoms with Gasteiger partial charge in [-0.05, 0) is 45.6 Å². The van der Waals surface area contributed by atoms with Crippen LogP contribution >= 0.6 is 12.4 Å². The Morgan fingerprint density at radius 1 is 1.33 bits per heavy atom. The van der Waals surface area contributed by atoms with Crippen LogP contribution in [-0.2, 0) is 4.79 Å². The second-order valence-corrected chi connectivity index (χ2v) is 5.81. The van der Waals surface area contributed by atoms with E-state index in [2.05, 4.69) is 24.5 Å². The quantitative estimate of drug-likeness (QED) is 0.831. The lowest BCUT2D eigenvalue weighted by molar-refractivity contribution is -0.132. The molecule has 0 radical (unpaired) electrons. The minimum Gasteiger partial charge on any atom is -0.351 e. The lowest BCUT2D eigenvalue weighted by atomic mass is 9.82. The average Bonchev–Trinajstić information content (AvgIpc) is 2.82. The van der Waals surface area contributed by atoms with Crippen molar-refractivity contribution in [2.75, 3.05) is 6.54 Å². The van der Waals surface area contributed by atoms with Crippen LogP contribution in [0.3, 0.4) is 0 Å². The lowest BCUT2D eigenvalue weighted by Gasteiger charge is -2.34. The minimum atomic E-state index is -0.0445. The third-order valence-corrected chi connectivity index (χ3v) is 4.80. The maximum atomic E-state index is 12.5. The Morgan fingerprint density at radius 2 is 2.00 bits per heavy atom. The molecular weight excluding hydrogens is 248 g/mol. The third kappa shape index (κ3) is 3.18. The molecular formula is C14H27ClN2O. The Bertz CT molecular complexity index is 277. The highest BCUT2D eigenvalue weighted by atomic mass is 35.5. The number of hydrogen-bond acceptors (Lipinski definition) is 2. The number of nitrogens with one attached hydrogen (secondary N) is 2. The SMILES string of the molecule is CCC1(C(=O)NC2CCCNC2C)CCCC1.Cl. The second-order valence-electron chi connectivity index (χ2n) is 5.81. The van der Waals surface area contributed by atoms with Gasteiger partial charge in [0.2, 0.25) is 5.91 Å². The van der Waals surface area contributed by atoms with E-state index in [4.69, 9.17) is 0 Å². The van der Waals surface area contributed by atoms with Crippen molar-refractivity contribution in [1.29, 1.82) is 0 Å². The molecule has 0 spiro atoms. The molecule has 1 amide bonds. The summed E-state index contributed by atoms with van der Waals surface area (Å²) in [5, 5.41) is 6.74. The van der Waals surface area contributed by atoms with Gasteiger partial charge in [-0.25, -0.2) is 0 Å². The van der Waals surface area contributed by atoms with Crippen molar-refractivity contribution in [2.45, 2.75) is 70.9 Å². The van der Waals surface area contributed by atoms with Crippen LogP contribution in [0.5, 0.6) is 0 Å². The zero-order valence-corrected chi connectivity index (χ0v) is 12.4. The van der Waals surface area contributed by atoms with Crippen LogP contribution in [0.15, 0.2) is 0 Å². The third-order valence-electron chi connectivity index (χ3n) is 4.80. The molecule has 0 aromatic heterocycles. The summed E-state index contributed by atoms with van der Waals surface area (Å²) >= 11 is 0. The zero-order chi connectivity index (χ0) is 12.3. The molecule has 2 atom stereocenters. The molecule has 2 fully saturated rings. The number of rotatable bonds is 3. The van der Waals surface area contributed by atoms with Crippen molar-refractivity contribution >= 4 is 18.3 Å². The molecule has 1 saturated heterocycles. The Hall–Kier alpha value is -0.280. The number of carbonyl (C=O) groups is 1.